The van der Waals surface area contributed by atoms with Gasteiger partial charge in [0.1, 0.15) is 0 Å². The summed E-state index contributed by atoms with van der Waals surface area (Å²) < 4.78 is 0.905. The van der Waals surface area contributed by atoms with E-state index in [9.17, 15) is 0 Å². The Morgan fingerprint density at radius 1 is 1.45 bits per heavy atom. The summed E-state index contributed by atoms with van der Waals surface area (Å²) in [5, 5.41) is 0.611. The Kier molecular flexibility index (Phi) is 2.45. The first kappa shape index (κ1) is 8.88. The zero-order valence-corrected chi connectivity index (χ0v) is 8.75. The number of aryl methyl sites for hydroxylation is 1. The lowest BCUT2D eigenvalue weighted by Gasteiger charge is -2.07. The Balaban J connectivity index is 3.46. The molecule has 11 heavy (non-hydrogen) atoms. The van der Waals surface area contributed by atoms with Gasteiger partial charge in [0.25, 0.3) is 0 Å². The van der Waals surface area contributed by atoms with Crippen molar-refractivity contribution in [1.29, 1.82) is 0 Å². The van der Waals surface area contributed by atoms with Crippen LogP contribution in [0.1, 0.15) is 11.1 Å². The second kappa shape index (κ2) is 3.03. The molecule has 0 heterocycles. The van der Waals surface area contributed by atoms with Crippen LogP contribution in [0, 0.1) is 13.8 Å². The van der Waals surface area contributed by atoms with E-state index in [2.05, 4.69) is 15.9 Å². The zero-order chi connectivity index (χ0) is 8.59. The summed E-state index contributed by atoms with van der Waals surface area (Å²) in [6, 6.07) is 1.87. The highest BCUT2D eigenvalue weighted by Crippen LogP contribution is 2.32. The first-order valence-electron chi connectivity index (χ1n) is 3.24. The highest BCUT2D eigenvalue weighted by atomic mass is 79.9. The van der Waals surface area contributed by atoms with Crippen molar-refractivity contribution in [3.63, 3.8) is 0 Å². The molecule has 0 unspecified atom stereocenters. The summed E-state index contributed by atoms with van der Waals surface area (Å²) in [6.45, 7) is 4.01. The Morgan fingerprint density at radius 3 is 2.55 bits per heavy atom. The highest BCUT2D eigenvalue weighted by Gasteiger charge is 2.06. The van der Waals surface area contributed by atoms with E-state index >= 15 is 0 Å². The molecule has 0 saturated carbocycles. The molecule has 0 aliphatic rings. The van der Waals surface area contributed by atoms with Crippen molar-refractivity contribution in [3.8, 4) is 0 Å². The third-order valence-electron chi connectivity index (χ3n) is 1.76. The summed E-state index contributed by atoms with van der Waals surface area (Å²) in [4.78, 5) is 0. The van der Waals surface area contributed by atoms with Gasteiger partial charge in [0.2, 0.25) is 0 Å². The first-order valence-corrected chi connectivity index (χ1v) is 4.41. The lowest BCUT2D eigenvalue weighted by molar-refractivity contribution is 1.32. The first-order chi connectivity index (χ1) is 5.04. The predicted molar refractivity (Wildman–Crippen MR) is 53.0 cm³/mol. The molecule has 0 radical (unpaired) electrons. The minimum Gasteiger partial charge on any atom is -0.397 e. The molecule has 0 fully saturated rings. The number of nitrogen functional groups attached to an aromatic ring is 1. The van der Waals surface area contributed by atoms with Crippen LogP contribution in [0.15, 0.2) is 10.5 Å². The van der Waals surface area contributed by atoms with Crippen LogP contribution in [-0.4, -0.2) is 0 Å². The fourth-order valence-electron chi connectivity index (χ4n) is 0.856. The smallest absolute Gasteiger partial charge is 0.0650 e. The van der Waals surface area contributed by atoms with Gasteiger partial charge in [-0.3, -0.25) is 0 Å². The van der Waals surface area contributed by atoms with E-state index in [1.165, 1.54) is 0 Å². The molecule has 0 aromatic heterocycles. The molecule has 60 valence electrons. The normalized spacial score (nSPS) is 10.2. The van der Waals surface area contributed by atoms with E-state index in [-0.39, 0.29) is 0 Å². The van der Waals surface area contributed by atoms with Gasteiger partial charge in [-0.15, -0.1) is 0 Å². The quantitative estimate of drug-likeness (QED) is 0.685. The molecular formula is C8H9BrClN. The Morgan fingerprint density at radius 2 is 2.00 bits per heavy atom. The summed E-state index contributed by atoms with van der Waals surface area (Å²) in [5.74, 6) is 0. The second-order valence-electron chi connectivity index (χ2n) is 2.53. The van der Waals surface area contributed by atoms with Crippen molar-refractivity contribution < 1.29 is 0 Å². The van der Waals surface area contributed by atoms with Crippen LogP contribution in [0.25, 0.3) is 0 Å². The van der Waals surface area contributed by atoms with Gasteiger partial charge in [-0.05, 0) is 47.0 Å². The van der Waals surface area contributed by atoms with Gasteiger partial charge in [-0.25, -0.2) is 0 Å². The maximum atomic E-state index is 5.84. The van der Waals surface area contributed by atoms with Gasteiger partial charge in [0, 0.05) is 4.47 Å². The highest BCUT2D eigenvalue weighted by molar-refractivity contribution is 9.10. The zero-order valence-electron chi connectivity index (χ0n) is 6.41. The third-order valence-corrected chi connectivity index (χ3v) is 3.09. The topological polar surface area (TPSA) is 26.0 Å². The van der Waals surface area contributed by atoms with Gasteiger partial charge in [-0.1, -0.05) is 11.6 Å². The molecule has 0 atom stereocenters. The average molecular weight is 235 g/mol. The van der Waals surface area contributed by atoms with Crippen molar-refractivity contribution >= 4 is 33.2 Å². The van der Waals surface area contributed by atoms with Crippen LogP contribution in [0.3, 0.4) is 0 Å². The molecule has 0 bridgehead atoms. The van der Waals surface area contributed by atoms with E-state index < -0.39 is 0 Å². The molecule has 0 aliphatic heterocycles. The number of anilines is 1. The number of benzene rings is 1. The fraction of sp³-hybridized carbons (Fsp3) is 0.250. The number of hydrogen-bond acceptors (Lipinski definition) is 1. The van der Waals surface area contributed by atoms with E-state index in [4.69, 9.17) is 17.3 Å². The minimum atomic E-state index is 0.611. The van der Waals surface area contributed by atoms with Gasteiger partial charge in [0.15, 0.2) is 0 Å². The number of hydrogen-bond donors (Lipinski definition) is 1. The Hall–Kier alpha value is -0.210. The predicted octanol–water partition coefficient (Wildman–Crippen LogP) is 3.30. The third kappa shape index (κ3) is 1.52. The summed E-state index contributed by atoms with van der Waals surface area (Å²) in [6.07, 6.45) is 0. The standard InChI is InChI=1S/C8H9BrClN/c1-4-3-6(10)8(11)7(9)5(4)2/h3H,11H2,1-2H3. The van der Waals surface area contributed by atoms with Crippen LogP contribution in [0.2, 0.25) is 5.02 Å². The monoisotopic (exact) mass is 233 g/mol. The van der Waals surface area contributed by atoms with Crippen LogP contribution in [0.4, 0.5) is 5.69 Å². The Labute approximate surface area is 79.7 Å². The molecule has 1 aromatic carbocycles. The number of rotatable bonds is 0. The van der Waals surface area contributed by atoms with Gasteiger partial charge >= 0.3 is 0 Å². The molecule has 1 aromatic rings. The van der Waals surface area contributed by atoms with Gasteiger partial charge in [-0.2, -0.15) is 0 Å². The van der Waals surface area contributed by atoms with Crippen LogP contribution in [0.5, 0.6) is 0 Å². The fourth-order valence-corrected chi connectivity index (χ4v) is 1.75. The SMILES string of the molecule is Cc1cc(Cl)c(N)c(Br)c1C. The number of nitrogens with two attached hydrogens (primary N) is 1. The second-order valence-corrected chi connectivity index (χ2v) is 3.73. The summed E-state index contributed by atoms with van der Waals surface area (Å²) in [5.41, 5.74) is 8.59. The summed E-state index contributed by atoms with van der Waals surface area (Å²) in [7, 11) is 0. The van der Waals surface area contributed by atoms with E-state index in [1.54, 1.807) is 0 Å². The summed E-state index contributed by atoms with van der Waals surface area (Å²) >= 11 is 9.21. The maximum absolute atomic E-state index is 5.84. The van der Waals surface area contributed by atoms with Crippen molar-refractivity contribution in [2.24, 2.45) is 0 Å². The molecule has 0 aliphatic carbocycles. The van der Waals surface area contributed by atoms with Crippen LogP contribution >= 0.6 is 27.5 Å². The molecule has 0 saturated heterocycles. The maximum Gasteiger partial charge on any atom is 0.0650 e. The van der Waals surface area contributed by atoms with Crippen LogP contribution < -0.4 is 5.73 Å². The molecule has 0 spiro atoms. The molecule has 2 N–H and O–H groups in total. The number of halogens is 2. The molecule has 1 rings (SSSR count). The minimum absolute atomic E-state index is 0.611. The molecule has 3 heteroatoms. The van der Waals surface area contributed by atoms with Gasteiger partial charge in [0.05, 0.1) is 10.7 Å². The molecule has 0 amide bonds. The van der Waals surface area contributed by atoms with Crippen LogP contribution in [-0.2, 0) is 0 Å². The molecular weight excluding hydrogens is 225 g/mol. The van der Waals surface area contributed by atoms with Gasteiger partial charge < -0.3 is 5.73 Å². The average Bonchev–Trinajstić information content (AvgIpc) is 1.97. The van der Waals surface area contributed by atoms with E-state index in [0.29, 0.717) is 10.7 Å². The Bertz CT molecular complexity index is 270. The van der Waals surface area contributed by atoms with Crippen molar-refractivity contribution in [1.82, 2.24) is 0 Å². The van der Waals surface area contributed by atoms with E-state index in [1.807, 2.05) is 19.9 Å². The van der Waals surface area contributed by atoms with Crippen molar-refractivity contribution in [2.75, 3.05) is 5.73 Å². The lowest BCUT2D eigenvalue weighted by Crippen LogP contribution is -1.92. The largest absolute Gasteiger partial charge is 0.397 e. The lowest BCUT2D eigenvalue weighted by atomic mass is 10.1. The molecule has 1 nitrogen and oxygen atoms in total. The van der Waals surface area contributed by atoms with Crippen molar-refractivity contribution in [3.05, 3.63) is 26.7 Å². The van der Waals surface area contributed by atoms with E-state index in [0.717, 1.165) is 15.6 Å². The van der Waals surface area contributed by atoms with Crippen molar-refractivity contribution in [2.45, 2.75) is 13.8 Å².